The van der Waals surface area contributed by atoms with Crippen LogP contribution in [0.1, 0.15) is 12.5 Å². The fourth-order valence-electron chi connectivity index (χ4n) is 1.70. The molecule has 7 heteroatoms. The summed E-state index contributed by atoms with van der Waals surface area (Å²) < 4.78 is 5.30. The Labute approximate surface area is 132 Å². The molecule has 2 rings (SSSR count). The van der Waals surface area contributed by atoms with E-state index in [1.54, 1.807) is 7.11 Å². The first-order valence-corrected chi connectivity index (χ1v) is 7.53. The number of hydrogen-bond acceptors (Lipinski definition) is 5. The van der Waals surface area contributed by atoms with Gasteiger partial charge in [-0.3, -0.25) is 4.79 Å². The van der Waals surface area contributed by atoms with Crippen LogP contribution in [0, 0.1) is 0 Å². The van der Waals surface area contributed by atoms with Gasteiger partial charge in [-0.1, -0.05) is 18.2 Å². The number of benzene rings is 1. The average molecular weight is 319 g/mol. The molecule has 0 radical (unpaired) electrons. The molecule has 2 N–H and O–H groups in total. The van der Waals surface area contributed by atoms with Gasteiger partial charge in [-0.05, 0) is 17.5 Å². The second-order valence-corrected chi connectivity index (χ2v) is 5.08. The van der Waals surface area contributed by atoms with Gasteiger partial charge in [0.25, 0.3) is 0 Å². The molecule has 1 aromatic carbocycles. The molecule has 6 nitrogen and oxygen atoms in total. The molecule has 0 saturated heterocycles. The number of carbonyl (C=O) groups excluding carboxylic acids is 1. The number of thiophene rings is 1. The summed E-state index contributed by atoms with van der Waals surface area (Å²) in [6.07, 6.45) is 0. The fraction of sp³-hybridized carbons (Fsp3) is 0.200. The Morgan fingerprint density at radius 1 is 1.32 bits per heavy atom. The standard InChI is InChI=1S/C15H17N3O3S/c1-11(19)21-18-15(17-13-7-8-22-10-13)16-9-12-5-3-4-6-14(12)20-2/h3-8,10H,9H2,1-2H3,(H2,16,17,18). The van der Waals surface area contributed by atoms with Crippen molar-refractivity contribution in [1.82, 2.24) is 10.8 Å². The molecule has 0 aliphatic carbocycles. The van der Waals surface area contributed by atoms with E-state index in [1.165, 1.54) is 18.3 Å². The van der Waals surface area contributed by atoms with Crippen molar-refractivity contribution in [2.24, 2.45) is 4.99 Å². The summed E-state index contributed by atoms with van der Waals surface area (Å²) in [5.74, 6) is 0.675. The number of methoxy groups -OCH3 is 1. The minimum Gasteiger partial charge on any atom is -0.496 e. The summed E-state index contributed by atoms with van der Waals surface area (Å²) in [6, 6.07) is 9.52. The molecule has 1 aromatic heterocycles. The van der Waals surface area contributed by atoms with Crippen LogP contribution in [0.25, 0.3) is 0 Å². The van der Waals surface area contributed by atoms with Crippen molar-refractivity contribution in [2.45, 2.75) is 13.5 Å². The third-order valence-corrected chi connectivity index (χ3v) is 3.35. The second kappa shape index (κ2) is 8.04. The molecule has 0 bridgehead atoms. The van der Waals surface area contributed by atoms with Crippen LogP contribution in [-0.2, 0) is 16.2 Å². The number of hydrogen-bond donors (Lipinski definition) is 2. The summed E-state index contributed by atoms with van der Waals surface area (Å²) in [7, 11) is 1.62. The number of nitrogens with zero attached hydrogens (tertiary/aromatic N) is 1. The van der Waals surface area contributed by atoms with Gasteiger partial charge in [0, 0.05) is 24.4 Å². The zero-order chi connectivity index (χ0) is 15.8. The van der Waals surface area contributed by atoms with Gasteiger partial charge in [0.15, 0.2) is 0 Å². The lowest BCUT2D eigenvalue weighted by Crippen LogP contribution is -2.37. The molecule has 0 saturated carbocycles. The van der Waals surface area contributed by atoms with Crippen molar-refractivity contribution in [3.8, 4) is 5.75 Å². The van der Waals surface area contributed by atoms with Crippen LogP contribution >= 0.6 is 11.3 Å². The highest BCUT2D eigenvalue weighted by Crippen LogP contribution is 2.17. The van der Waals surface area contributed by atoms with Crippen molar-refractivity contribution < 1.29 is 14.4 Å². The van der Waals surface area contributed by atoms with Crippen molar-refractivity contribution in [3.05, 3.63) is 46.7 Å². The van der Waals surface area contributed by atoms with Crippen LogP contribution < -0.4 is 15.5 Å². The van der Waals surface area contributed by atoms with Gasteiger partial charge in [0.2, 0.25) is 5.96 Å². The molecular formula is C15H17N3O3S. The molecule has 2 aromatic rings. The van der Waals surface area contributed by atoms with E-state index in [0.717, 1.165) is 17.0 Å². The predicted octanol–water partition coefficient (Wildman–Crippen LogP) is 2.60. The number of nitrogens with one attached hydrogen (secondary N) is 2. The first-order chi connectivity index (χ1) is 10.7. The maximum absolute atomic E-state index is 10.9. The highest BCUT2D eigenvalue weighted by atomic mass is 32.1. The molecule has 22 heavy (non-hydrogen) atoms. The van der Waals surface area contributed by atoms with Gasteiger partial charge in [0.1, 0.15) is 5.75 Å². The number of aliphatic imine (C=N–C) groups is 1. The summed E-state index contributed by atoms with van der Waals surface area (Å²) in [5.41, 5.74) is 4.25. The number of hydroxylamine groups is 1. The van der Waals surface area contributed by atoms with Crippen molar-refractivity contribution in [3.63, 3.8) is 0 Å². The van der Waals surface area contributed by atoms with E-state index < -0.39 is 5.97 Å². The molecule has 1 heterocycles. The monoisotopic (exact) mass is 319 g/mol. The number of guanidine groups is 1. The van der Waals surface area contributed by atoms with Crippen molar-refractivity contribution in [1.29, 1.82) is 0 Å². The molecule has 0 aliphatic heterocycles. The highest BCUT2D eigenvalue weighted by Gasteiger charge is 2.05. The van der Waals surface area contributed by atoms with E-state index in [1.807, 2.05) is 41.1 Å². The number of rotatable bonds is 4. The normalized spacial score (nSPS) is 10.9. The van der Waals surface area contributed by atoms with Gasteiger partial charge >= 0.3 is 5.97 Å². The summed E-state index contributed by atoms with van der Waals surface area (Å²) in [6.45, 7) is 1.79. The number of ether oxygens (including phenoxy) is 1. The molecule has 0 aliphatic rings. The Kier molecular flexibility index (Phi) is 5.79. The van der Waals surface area contributed by atoms with E-state index >= 15 is 0 Å². The fourth-order valence-corrected chi connectivity index (χ4v) is 2.26. The van der Waals surface area contributed by atoms with Gasteiger partial charge < -0.3 is 14.9 Å². The predicted molar refractivity (Wildman–Crippen MR) is 86.1 cm³/mol. The quantitative estimate of drug-likeness (QED) is 0.515. The molecule has 0 fully saturated rings. The minimum absolute atomic E-state index is 0.347. The van der Waals surface area contributed by atoms with Gasteiger partial charge in [-0.2, -0.15) is 16.8 Å². The molecule has 116 valence electrons. The van der Waals surface area contributed by atoms with Crippen LogP contribution in [-0.4, -0.2) is 19.0 Å². The van der Waals surface area contributed by atoms with Gasteiger partial charge in [-0.25, -0.2) is 4.99 Å². The third-order valence-electron chi connectivity index (χ3n) is 2.68. The van der Waals surface area contributed by atoms with Crippen molar-refractivity contribution in [2.75, 3.05) is 7.11 Å². The maximum atomic E-state index is 10.9. The molecule has 0 spiro atoms. The van der Waals surface area contributed by atoms with Crippen molar-refractivity contribution >= 4 is 29.0 Å². The topological polar surface area (TPSA) is 71.9 Å². The average Bonchev–Trinajstić information content (AvgIpc) is 3.03. The second-order valence-electron chi connectivity index (χ2n) is 4.30. The van der Waals surface area contributed by atoms with Crippen LogP contribution in [0.4, 0.5) is 5.69 Å². The zero-order valence-corrected chi connectivity index (χ0v) is 13.1. The van der Waals surface area contributed by atoms with E-state index in [4.69, 9.17) is 9.57 Å². The Bertz CT molecular complexity index is 641. The maximum Gasteiger partial charge on any atom is 0.329 e. The summed E-state index contributed by atoms with van der Waals surface area (Å²) in [5, 5.41) is 6.90. The van der Waals surface area contributed by atoms with Crippen LogP contribution in [0.5, 0.6) is 5.75 Å². The number of carbonyl (C=O) groups is 1. The Hall–Kier alpha value is -2.54. The van der Waals surface area contributed by atoms with Crippen LogP contribution in [0.2, 0.25) is 0 Å². The minimum atomic E-state index is -0.447. The third kappa shape index (κ3) is 4.78. The van der Waals surface area contributed by atoms with Crippen LogP contribution in [0.3, 0.4) is 0 Å². The smallest absolute Gasteiger partial charge is 0.329 e. The largest absolute Gasteiger partial charge is 0.496 e. The number of para-hydroxylation sites is 1. The lowest BCUT2D eigenvalue weighted by molar-refractivity contribution is -0.145. The molecular weight excluding hydrogens is 302 g/mol. The Morgan fingerprint density at radius 2 is 2.14 bits per heavy atom. The Balaban J connectivity index is 2.07. The zero-order valence-electron chi connectivity index (χ0n) is 12.3. The van der Waals surface area contributed by atoms with Crippen LogP contribution in [0.15, 0.2) is 46.1 Å². The van der Waals surface area contributed by atoms with E-state index in [-0.39, 0.29) is 0 Å². The SMILES string of the molecule is COc1ccccc1CNC(=Nc1ccsc1)NOC(C)=O. The summed E-state index contributed by atoms with van der Waals surface area (Å²) in [4.78, 5) is 20.1. The van der Waals surface area contributed by atoms with Gasteiger partial charge in [-0.15, -0.1) is 0 Å². The van der Waals surface area contributed by atoms with E-state index in [9.17, 15) is 4.79 Å². The molecule has 0 unspecified atom stereocenters. The lowest BCUT2D eigenvalue weighted by atomic mass is 10.2. The first-order valence-electron chi connectivity index (χ1n) is 6.59. The summed E-state index contributed by atoms with van der Waals surface area (Å²) >= 11 is 1.54. The molecule has 0 amide bonds. The molecule has 0 atom stereocenters. The van der Waals surface area contributed by atoms with Gasteiger partial charge in [0.05, 0.1) is 12.8 Å². The highest BCUT2D eigenvalue weighted by molar-refractivity contribution is 7.08. The lowest BCUT2D eigenvalue weighted by Gasteiger charge is -2.13. The Morgan fingerprint density at radius 3 is 2.82 bits per heavy atom. The first kappa shape index (κ1) is 15.8. The van der Waals surface area contributed by atoms with E-state index in [0.29, 0.717) is 12.5 Å². The van der Waals surface area contributed by atoms with E-state index in [2.05, 4.69) is 15.8 Å².